The Hall–Kier alpha value is -0.0400. The molecule has 9 atom stereocenters. The molecule has 0 aliphatic heterocycles. The van der Waals surface area contributed by atoms with Gasteiger partial charge in [0, 0.05) is 0 Å². The van der Waals surface area contributed by atoms with E-state index in [2.05, 4.69) is 27.7 Å². The van der Waals surface area contributed by atoms with Gasteiger partial charge < -0.3 is 5.11 Å². The van der Waals surface area contributed by atoms with Crippen LogP contribution in [0.3, 0.4) is 0 Å². The second-order valence-electron chi connectivity index (χ2n) is 13.4. The van der Waals surface area contributed by atoms with Gasteiger partial charge in [-0.2, -0.15) is 0 Å². The quantitative estimate of drug-likeness (QED) is 0.496. The third-order valence-electron chi connectivity index (χ3n) is 11.1. The molecule has 0 heterocycles. The highest BCUT2D eigenvalue weighted by Crippen LogP contribution is 2.68. The summed E-state index contributed by atoms with van der Waals surface area (Å²) in [4.78, 5) is 0. The van der Waals surface area contributed by atoms with Crippen molar-refractivity contribution >= 4 is 0 Å². The van der Waals surface area contributed by atoms with Crippen molar-refractivity contribution in [3.8, 4) is 0 Å². The van der Waals surface area contributed by atoms with Crippen molar-refractivity contribution in [3.05, 3.63) is 0 Å². The Kier molecular flexibility index (Phi) is 5.98. The highest BCUT2D eigenvalue weighted by Gasteiger charge is 2.60. The van der Waals surface area contributed by atoms with E-state index in [9.17, 15) is 5.11 Å². The molecular formula is C28H50O. The molecule has 4 aliphatic rings. The number of hydrogen-bond acceptors (Lipinski definition) is 1. The summed E-state index contributed by atoms with van der Waals surface area (Å²) in [5, 5.41) is 10.1. The summed E-state index contributed by atoms with van der Waals surface area (Å²) in [6.45, 7) is 14.4. The monoisotopic (exact) mass is 402 g/mol. The van der Waals surface area contributed by atoms with Crippen molar-refractivity contribution in [1.29, 1.82) is 0 Å². The van der Waals surface area contributed by atoms with Crippen LogP contribution in [-0.4, -0.2) is 10.7 Å². The van der Waals surface area contributed by atoms with E-state index in [-0.39, 0.29) is 0 Å². The van der Waals surface area contributed by atoms with Gasteiger partial charge in [-0.05, 0) is 124 Å². The average Bonchev–Trinajstić information content (AvgIpc) is 2.98. The molecule has 4 aliphatic carbocycles. The second kappa shape index (κ2) is 7.83. The molecule has 0 bridgehead atoms. The second-order valence-corrected chi connectivity index (χ2v) is 13.4. The van der Waals surface area contributed by atoms with Crippen LogP contribution in [0, 0.1) is 52.3 Å². The van der Waals surface area contributed by atoms with Crippen LogP contribution in [0.25, 0.3) is 0 Å². The van der Waals surface area contributed by atoms with Gasteiger partial charge in [-0.3, -0.25) is 0 Å². The molecule has 4 rings (SSSR count). The van der Waals surface area contributed by atoms with E-state index in [0.29, 0.717) is 10.8 Å². The van der Waals surface area contributed by atoms with Crippen LogP contribution >= 0.6 is 0 Å². The highest BCUT2D eigenvalue weighted by atomic mass is 16.3. The van der Waals surface area contributed by atoms with Gasteiger partial charge in [0.15, 0.2) is 0 Å². The van der Waals surface area contributed by atoms with Crippen LogP contribution < -0.4 is 0 Å². The van der Waals surface area contributed by atoms with Gasteiger partial charge in [-0.15, -0.1) is 0 Å². The third-order valence-corrected chi connectivity index (χ3v) is 11.1. The summed E-state index contributed by atoms with van der Waals surface area (Å²) in [5.41, 5.74) is 0.763. The molecule has 4 saturated carbocycles. The van der Waals surface area contributed by atoms with Crippen molar-refractivity contribution < 1.29 is 5.11 Å². The maximum absolute atomic E-state index is 10.1. The zero-order valence-electron chi connectivity index (χ0n) is 20.5. The molecule has 0 amide bonds. The predicted molar refractivity (Wildman–Crippen MR) is 124 cm³/mol. The van der Waals surface area contributed by atoms with Crippen molar-refractivity contribution in [1.82, 2.24) is 0 Å². The lowest BCUT2D eigenvalue weighted by molar-refractivity contribution is -0.120. The zero-order valence-corrected chi connectivity index (χ0v) is 20.5. The molecule has 0 aromatic heterocycles. The fourth-order valence-electron chi connectivity index (χ4n) is 9.51. The third kappa shape index (κ3) is 3.96. The first-order chi connectivity index (χ1) is 13.5. The molecule has 0 aromatic carbocycles. The highest BCUT2D eigenvalue weighted by molar-refractivity contribution is 5.09. The summed E-state index contributed by atoms with van der Waals surface area (Å²) in [6.07, 6.45) is 17.0. The summed E-state index contributed by atoms with van der Waals surface area (Å²) in [5.74, 6) is 6.79. The van der Waals surface area contributed by atoms with Crippen molar-refractivity contribution in [2.24, 2.45) is 52.3 Å². The minimum atomic E-state index is -0.495. The summed E-state index contributed by atoms with van der Waals surface area (Å²) in [6, 6.07) is 0. The molecular weight excluding hydrogens is 352 g/mol. The Bertz CT molecular complexity index is 575. The van der Waals surface area contributed by atoms with Gasteiger partial charge in [-0.1, -0.05) is 47.0 Å². The standard InChI is InChI=1S/C28H50O/c1-19-13-16-27(5)21(18-19)9-10-22-24-12-11-23(28(24,6)17-14-25(22)27)20(2)8-7-15-26(3,4)29/h19-25,29H,7-18H2,1-6H3/t19-,20?,21?,22?,23?,24?,25?,27-,28+/m0/s1. The minimum Gasteiger partial charge on any atom is -0.390 e. The molecule has 0 radical (unpaired) electrons. The molecule has 4 fully saturated rings. The van der Waals surface area contributed by atoms with Crippen LogP contribution in [0.15, 0.2) is 0 Å². The van der Waals surface area contributed by atoms with Crippen molar-refractivity contribution in [3.63, 3.8) is 0 Å². The van der Waals surface area contributed by atoms with E-state index >= 15 is 0 Å². The van der Waals surface area contributed by atoms with Crippen LogP contribution in [0.2, 0.25) is 0 Å². The smallest absolute Gasteiger partial charge is 0.0591 e. The largest absolute Gasteiger partial charge is 0.390 e. The molecule has 6 unspecified atom stereocenters. The van der Waals surface area contributed by atoms with Crippen LogP contribution in [0.4, 0.5) is 0 Å². The molecule has 1 heteroatoms. The normalized spacial score (nSPS) is 48.5. The Morgan fingerprint density at radius 3 is 2.34 bits per heavy atom. The molecule has 1 N–H and O–H groups in total. The van der Waals surface area contributed by atoms with Crippen LogP contribution in [0.5, 0.6) is 0 Å². The summed E-state index contributed by atoms with van der Waals surface area (Å²) >= 11 is 0. The molecule has 0 saturated heterocycles. The van der Waals surface area contributed by atoms with Gasteiger partial charge in [0.2, 0.25) is 0 Å². The lowest BCUT2D eigenvalue weighted by Crippen LogP contribution is -2.53. The molecule has 0 spiro atoms. The van der Waals surface area contributed by atoms with Crippen LogP contribution in [-0.2, 0) is 0 Å². The first-order valence-electron chi connectivity index (χ1n) is 13.3. The van der Waals surface area contributed by atoms with E-state index in [1.165, 1.54) is 70.6 Å². The van der Waals surface area contributed by atoms with Gasteiger partial charge in [0.1, 0.15) is 0 Å². The number of hydrogen-bond donors (Lipinski definition) is 1. The SMILES string of the molecule is CC(CCCC(C)(C)O)C1CCC2C3CCC4C[C@@H](C)CC[C@]4(C)C3CC[C@]12C. The first kappa shape index (κ1) is 22.2. The topological polar surface area (TPSA) is 20.2 Å². The number of aliphatic hydroxyl groups is 1. The number of rotatable bonds is 5. The molecule has 168 valence electrons. The average molecular weight is 403 g/mol. The predicted octanol–water partition coefficient (Wildman–Crippen LogP) is 7.86. The van der Waals surface area contributed by atoms with Gasteiger partial charge in [0.25, 0.3) is 0 Å². The molecule has 0 aromatic rings. The van der Waals surface area contributed by atoms with Crippen LogP contribution in [0.1, 0.15) is 119 Å². The fourth-order valence-corrected chi connectivity index (χ4v) is 9.51. The maximum atomic E-state index is 10.1. The van der Waals surface area contributed by atoms with E-state index < -0.39 is 5.60 Å². The van der Waals surface area contributed by atoms with Gasteiger partial charge >= 0.3 is 0 Å². The lowest BCUT2D eigenvalue weighted by atomic mass is 9.44. The fraction of sp³-hybridized carbons (Fsp3) is 1.00. The van der Waals surface area contributed by atoms with Gasteiger partial charge in [-0.25, -0.2) is 0 Å². The summed E-state index contributed by atoms with van der Waals surface area (Å²) < 4.78 is 0. The Morgan fingerprint density at radius 1 is 0.931 bits per heavy atom. The zero-order chi connectivity index (χ0) is 21.0. The molecule has 29 heavy (non-hydrogen) atoms. The van der Waals surface area contributed by atoms with E-state index in [1.807, 2.05) is 13.8 Å². The number of fused-ring (bicyclic) bond motifs is 5. The first-order valence-corrected chi connectivity index (χ1v) is 13.3. The minimum absolute atomic E-state index is 0.495. The Labute approximate surface area is 181 Å². The van der Waals surface area contributed by atoms with E-state index in [1.54, 1.807) is 0 Å². The lowest BCUT2D eigenvalue weighted by Gasteiger charge is -2.61. The Balaban J connectivity index is 1.44. The summed E-state index contributed by atoms with van der Waals surface area (Å²) in [7, 11) is 0. The van der Waals surface area contributed by atoms with Crippen molar-refractivity contribution in [2.75, 3.05) is 0 Å². The molecule has 1 nitrogen and oxygen atoms in total. The van der Waals surface area contributed by atoms with Crippen molar-refractivity contribution in [2.45, 2.75) is 124 Å². The van der Waals surface area contributed by atoms with Gasteiger partial charge in [0.05, 0.1) is 5.60 Å². The Morgan fingerprint density at radius 2 is 1.62 bits per heavy atom. The maximum Gasteiger partial charge on any atom is 0.0591 e. The van der Waals surface area contributed by atoms with E-state index in [4.69, 9.17) is 0 Å². The van der Waals surface area contributed by atoms with E-state index in [0.717, 1.165) is 47.8 Å².